The fourth-order valence-electron chi connectivity index (χ4n) is 3.97. The third-order valence-electron chi connectivity index (χ3n) is 5.70. The zero-order chi connectivity index (χ0) is 20.5. The smallest absolute Gasteiger partial charge is 0.408 e. The number of ether oxygens (including phenoxy) is 2. The zero-order valence-electron chi connectivity index (χ0n) is 18.4. The van der Waals surface area contributed by atoms with Crippen LogP contribution in [0.15, 0.2) is 0 Å². The molecule has 0 spiro atoms. The van der Waals surface area contributed by atoms with Gasteiger partial charge in [0.05, 0.1) is 13.2 Å². The number of hydrogen-bond donors (Lipinski definition) is 1. The standard InChI is InChI=1S/C23H43NO4/c1-3-5-6-7-8-9-10-11-12-13-14-17-20-28-21(25)23(18-15-16-19-23)24-22(26)27-4-2/h3-20H2,1-2H3,(H,24,26). The van der Waals surface area contributed by atoms with Crippen molar-refractivity contribution in [3.63, 3.8) is 0 Å². The highest BCUT2D eigenvalue weighted by Gasteiger charge is 2.44. The Kier molecular flexibility index (Phi) is 13.8. The predicted octanol–water partition coefficient (Wildman–Crippen LogP) is 6.29. The molecular weight excluding hydrogens is 354 g/mol. The molecule has 0 bridgehead atoms. The van der Waals surface area contributed by atoms with Gasteiger partial charge >= 0.3 is 12.1 Å². The van der Waals surface area contributed by atoms with Crippen LogP contribution in [0.25, 0.3) is 0 Å². The number of nitrogens with one attached hydrogen (secondary N) is 1. The molecule has 0 aromatic carbocycles. The molecule has 1 rings (SSSR count). The lowest BCUT2D eigenvalue weighted by Crippen LogP contribution is -2.53. The van der Waals surface area contributed by atoms with Gasteiger partial charge in [0.1, 0.15) is 5.54 Å². The molecular formula is C23H43NO4. The number of carbonyl (C=O) groups is 2. The molecule has 0 heterocycles. The van der Waals surface area contributed by atoms with Crippen LogP contribution in [0, 0.1) is 0 Å². The fourth-order valence-corrected chi connectivity index (χ4v) is 3.97. The summed E-state index contributed by atoms with van der Waals surface area (Å²) in [5, 5.41) is 2.75. The van der Waals surface area contributed by atoms with Crippen molar-refractivity contribution in [2.45, 2.75) is 122 Å². The van der Waals surface area contributed by atoms with Crippen LogP contribution in [0.3, 0.4) is 0 Å². The molecule has 5 nitrogen and oxygen atoms in total. The highest BCUT2D eigenvalue weighted by Crippen LogP contribution is 2.31. The average molecular weight is 398 g/mol. The number of hydrogen-bond acceptors (Lipinski definition) is 4. The van der Waals surface area contributed by atoms with E-state index in [4.69, 9.17) is 9.47 Å². The fraction of sp³-hybridized carbons (Fsp3) is 0.913. The zero-order valence-corrected chi connectivity index (χ0v) is 18.4. The molecule has 0 radical (unpaired) electrons. The molecule has 1 saturated carbocycles. The summed E-state index contributed by atoms with van der Waals surface area (Å²) in [7, 11) is 0. The van der Waals surface area contributed by atoms with Crippen molar-refractivity contribution >= 4 is 12.1 Å². The number of rotatable bonds is 16. The summed E-state index contributed by atoms with van der Waals surface area (Å²) >= 11 is 0. The first kappa shape index (κ1) is 24.8. The van der Waals surface area contributed by atoms with Gasteiger partial charge in [-0.2, -0.15) is 0 Å². The average Bonchev–Trinajstić information content (AvgIpc) is 3.15. The van der Waals surface area contributed by atoms with E-state index in [2.05, 4.69) is 12.2 Å². The van der Waals surface area contributed by atoms with Gasteiger partial charge in [-0.3, -0.25) is 0 Å². The Morgan fingerprint density at radius 2 is 1.25 bits per heavy atom. The lowest BCUT2D eigenvalue weighted by molar-refractivity contribution is -0.151. The summed E-state index contributed by atoms with van der Waals surface area (Å²) in [5.74, 6) is -0.291. The van der Waals surface area contributed by atoms with E-state index < -0.39 is 11.6 Å². The number of amides is 1. The number of carbonyl (C=O) groups excluding carboxylic acids is 2. The maximum absolute atomic E-state index is 12.5. The van der Waals surface area contributed by atoms with Crippen LogP contribution in [-0.2, 0) is 14.3 Å². The number of alkyl carbamates (subject to hydrolysis) is 1. The third kappa shape index (κ3) is 10.3. The minimum absolute atomic E-state index is 0.291. The minimum atomic E-state index is -0.872. The molecule has 1 fully saturated rings. The van der Waals surface area contributed by atoms with E-state index in [-0.39, 0.29) is 5.97 Å². The molecule has 1 amide bonds. The summed E-state index contributed by atoms with van der Waals surface area (Å²) in [5.41, 5.74) is -0.872. The van der Waals surface area contributed by atoms with Gasteiger partial charge in [0.15, 0.2) is 0 Å². The van der Waals surface area contributed by atoms with Crippen LogP contribution >= 0.6 is 0 Å². The second-order valence-corrected chi connectivity index (χ2v) is 8.16. The second-order valence-electron chi connectivity index (χ2n) is 8.16. The normalized spacial score (nSPS) is 15.4. The molecule has 5 heteroatoms. The first-order chi connectivity index (χ1) is 13.6. The van der Waals surface area contributed by atoms with Crippen LogP contribution < -0.4 is 5.32 Å². The molecule has 0 aromatic rings. The van der Waals surface area contributed by atoms with Crippen molar-refractivity contribution in [3.05, 3.63) is 0 Å². The van der Waals surface area contributed by atoms with Crippen LogP contribution in [0.4, 0.5) is 4.79 Å². The third-order valence-corrected chi connectivity index (χ3v) is 5.70. The molecule has 0 aromatic heterocycles. The number of esters is 1. The maximum atomic E-state index is 12.5. The van der Waals surface area contributed by atoms with Crippen molar-refractivity contribution in [1.29, 1.82) is 0 Å². The summed E-state index contributed by atoms with van der Waals surface area (Å²) in [6.07, 6.45) is 18.0. The quantitative estimate of drug-likeness (QED) is 0.245. The Bertz CT molecular complexity index is 419. The largest absolute Gasteiger partial charge is 0.464 e. The lowest BCUT2D eigenvalue weighted by Gasteiger charge is -2.27. The monoisotopic (exact) mass is 397 g/mol. The highest BCUT2D eigenvalue weighted by molar-refractivity contribution is 5.86. The van der Waals surface area contributed by atoms with Gasteiger partial charge in [0.2, 0.25) is 0 Å². The van der Waals surface area contributed by atoms with Gasteiger partial charge in [-0.1, -0.05) is 90.4 Å². The molecule has 0 aliphatic heterocycles. The van der Waals surface area contributed by atoms with Crippen LogP contribution in [0.2, 0.25) is 0 Å². The number of unbranched alkanes of at least 4 members (excludes halogenated alkanes) is 11. The first-order valence-corrected chi connectivity index (χ1v) is 11.8. The van der Waals surface area contributed by atoms with Crippen molar-refractivity contribution in [3.8, 4) is 0 Å². The van der Waals surface area contributed by atoms with Gasteiger partial charge in [0.25, 0.3) is 0 Å². The molecule has 164 valence electrons. The van der Waals surface area contributed by atoms with Crippen LogP contribution in [-0.4, -0.2) is 30.8 Å². The van der Waals surface area contributed by atoms with Gasteiger partial charge in [0, 0.05) is 0 Å². The topological polar surface area (TPSA) is 64.6 Å². The summed E-state index contributed by atoms with van der Waals surface area (Å²) in [6.45, 7) is 4.76. The predicted molar refractivity (Wildman–Crippen MR) is 113 cm³/mol. The van der Waals surface area contributed by atoms with Crippen LogP contribution in [0.5, 0.6) is 0 Å². The Balaban J connectivity index is 2.04. The Hall–Kier alpha value is -1.26. The second kappa shape index (κ2) is 15.6. The molecule has 0 atom stereocenters. The van der Waals surface area contributed by atoms with E-state index in [0.29, 0.717) is 26.1 Å². The van der Waals surface area contributed by atoms with Crippen LogP contribution in [0.1, 0.15) is 117 Å². The molecule has 1 aliphatic carbocycles. The Morgan fingerprint density at radius 1 is 0.750 bits per heavy atom. The van der Waals surface area contributed by atoms with E-state index in [9.17, 15) is 9.59 Å². The molecule has 0 saturated heterocycles. The summed E-state index contributed by atoms with van der Waals surface area (Å²) in [4.78, 5) is 24.3. The van der Waals surface area contributed by atoms with E-state index >= 15 is 0 Å². The summed E-state index contributed by atoms with van der Waals surface area (Å²) in [6, 6.07) is 0. The van der Waals surface area contributed by atoms with E-state index in [1.54, 1.807) is 6.92 Å². The van der Waals surface area contributed by atoms with Crippen molar-refractivity contribution in [2.75, 3.05) is 13.2 Å². The van der Waals surface area contributed by atoms with E-state index in [0.717, 1.165) is 25.7 Å². The lowest BCUT2D eigenvalue weighted by atomic mass is 9.98. The van der Waals surface area contributed by atoms with Gasteiger partial charge in [-0.25, -0.2) is 9.59 Å². The Labute approximate surface area is 172 Å². The summed E-state index contributed by atoms with van der Waals surface area (Å²) < 4.78 is 10.4. The molecule has 1 aliphatic rings. The van der Waals surface area contributed by atoms with Gasteiger partial charge in [-0.05, 0) is 26.2 Å². The van der Waals surface area contributed by atoms with Gasteiger partial charge < -0.3 is 14.8 Å². The van der Waals surface area contributed by atoms with Crippen molar-refractivity contribution in [1.82, 2.24) is 5.32 Å². The first-order valence-electron chi connectivity index (χ1n) is 11.8. The molecule has 0 unspecified atom stereocenters. The van der Waals surface area contributed by atoms with Crippen molar-refractivity contribution < 1.29 is 19.1 Å². The molecule has 1 N–H and O–H groups in total. The van der Waals surface area contributed by atoms with E-state index in [1.807, 2.05) is 0 Å². The highest BCUT2D eigenvalue weighted by atomic mass is 16.6. The minimum Gasteiger partial charge on any atom is -0.464 e. The van der Waals surface area contributed by atoms with Gasteiger partial charge in [-0.15, -0.1) is 0 Å². The van der Waals surface area contributed by atoms with E-state index in [1.165, 1.54) is 64.2 Å². The van der Waals surface area contributed by atoms with Crippen molar-refractivity contribution in [2.24, 2.45) is 0 Å². The SMILES string of the molecule is CCCCCCCCCCCCCCOC(=O)C1(NC(=O)OCC)CCCC1. The molecule has 28 heavy (non-hydrogen) atoms. The maximum Gasteiger partial charge on any atom is 0.408 e. The Morgan fingerprint density at radius 3 is 1.75 bits per heavy atom.